The predicted octanol–water partition coefficient (Wildman–Crippen LogP) is 3.72. The lowest BCUT2D eigenvalue weighted by Gasteiger charge is -2.31. The van der Waals surface area contributed by atoms with Crippen molar-refractivity contribution in [1.82, 2.24) is 5.32 Å². The molecular weight excluding hydrogens is 646 g/mol. The zero-order valence-electron chi connectivity index (χ0n) is 25.1. The van der Waals surface area contributed by atoms with E-state index in [1.165, 1.54) is 43.5 Å². The fourth-order valence-electron chi connectivity index (χ4n) is 6.54. The number of nitrogens with one attached hydrogen (secondary N) is 2. The van der Waals surface area contributed by atoms with Crippen molar-refractivity contribution in [1.29, 1.82) is 0 Å². The van der Waals surface area contributed by atoms with Gasteiger partial charge in [0.1, 0.15) is 11.6 Å². The fraction of sp³-hybridized carbons (Fsp3) is 0.375. The molecule has 0 aromatic heterocycles. The summed E-state index contributed by atoms with van der Waals surface area (Å²) in [5, 5.41) is 24.6. The van der Waals surface area contributed by atoms with E-state index in [2.05, 4.69) is 10.6 Å². The van der Waals surface area contributed by atoms with Crippen molar-refractivity contribution in [2.75, 3.05) is 25.6 Å². The Labute approximate surface area is 267 Å². The Hall–Kier alpha value is -4.05. The molecule has 252 valence electrons. The minimum atomic E-state index is -5.64. The molecule has 0 unspecified atom stereocenters. The minimum Gasteiger partial charge on any atom is -0.496 e. The number of nitrogens with two attached hydrogens (primary N) is 1. The number of anilines is 1. The molecule has 47 heavy (non-hydrogen) atoms. The number of rotatable bonds is 10. The number of ether oxygens (including phenoxy) is 1. The van der Waals surface area contributed by atoms with E-state index in [1.54, 1.807) is 0 Å². The van der Waals surface area contributed by atoms with E-state index in [0.717, 1.165) is 30.7 Å². The molecule has 0 aliphatic heterocycles. The smallest absolute Gasteiger partial charge is 0.496 e. The summed E-state index contributed by atoms with van der Waals surface area (Å²) < 4.78 is 83.6. The van der Waals surface area contributed by atoms with Crippen LogP contribution in [0.5, 0.6) is 5.75 Å². The van der Waals surface area contributed by atoms with Gasteiger partial charge < -0.3 is 31.3 Å². The van der Waals surface area contributed by atoms with E-state index in [1.807, 2.05) is 0 Å². The van der Waals surface area contributed by atoms with Crippen LogP contribution < -0.4 is 21.1 Å². The van der Waals surface area contributed by atoms with Gasteiger partial charge in [-0.25, -0.2) is 12.8 Å². The number of methoxy groups -OCH3 is 1. The van der Waals surface area contributed by atoms with E-state index in [9.17, 15) is 41.4 Å². The number of carbonyl (C=O) groups is 2. The Morgan fingerprint density at radius 3 is 2.28 bits per heavy atom. The van der Waals surface area contributed by atoms with Crippen LogP contribution in [0.25, 0.3) is 11.1 Å². The van der Waals surface area contributed by atoms with E-state index >= 15 is 4.39 Å². The molecule has 10 nitrogen and oxygen atoms in total. The zero-order valence-corrected chi connectivity index (χ0v) is 25.9. The molecule has 3 aromatic rings. The van der Waals surface area contributed by atoms with Gasteiger partial charge in [-0.05, 0) is 66.5 Å². The highest BCUT2D eigenvalue weighted by atomic mass is 32.2. The summed E-state index contributed by atoms with van der Waals surface area (Å²) >= 11 is 0. The largest absolute Gasteiger partial charge is 0.501 e. The first-order valence-electron chi connectivity index (χ1n) is 14.7. The quantitative estimate of drug-likeness (QED) is 0.202. The molecule has 4 atom stereocenters. The molecular formula is C32H33F4N3O7S. The van der Waals surface area contributed by atoms with Gasteiger partial charge in [-0.1, -0.05) is 30.3 Å². The Morgan fingerprint density at radius 1 is 1.00 bits per heavy atom. The van der Waals surface area contributed by atoms with Gasteiger partial charge in [0.15, 0.2) is 0 Å². The number of halogens is 4. The number of amides is 2. The number of benzene rings is 3. The van der Waals surface area contributed by atoms with Crippen molar-refractivity contribution in [3.8, 4) is 16.9 Å². The molecule has 0 spiro atoms. The molecule has 2 fully saturated rings. The van der Waals surface area contributed by atoms with E-state index in [0.29, 0.717) is 24.0 Å². The van der Waals surface area contributed by atoms with E-state index < -0.39 is 68.6 Å². The van der Waals surface area contributed by atoms with Crippen molar-refractivity contribution in [2.24, 2.45) is 23.5 Å². The van der Waals surface area contributed by atoms with Crippen molar-refractivity contribution >= 4 is 27.3 Å². The molecule has 2 bridgehead atoms. The van der Waals surface area contributed by atoms with Crippen molar-refractivity contribution in [2.45, 2.75) is 41.2 Å². The summed E-state index contributed by atoms with van der Waals surface area (Å²) in [5.41, 5.74) is -0.237. The molecule has 0 saturated heterocycles. The number of hydrogen-bond acceptors (Lipinski definition) is 8. The molecule has 2 aliphatic carbocycles. The van der Waals surface area contributed by atoms with Gasteiger partial charge in [-0.3, -0.25) is 9.59 Å². The molecule has 5 rings (SSSR count). The van der Waals surface area contributed by atoms with Gasteiger partial charge in [-0.2, -0.15) is 13.2 Å². The lowest BCUT2D eigenvalue weighted by Crippen LogP contribution is -2.48. The molecule has 2 amide bonds. The van der Waals surface area contributed by atoms with Crippen LogP contribution in [-0.2, 0) is 20.2 Å². The van der Waals surface area contributed by atoms with Crippen molar-refractivity contribution in [3.63, 3.8) is 0 Å². The van der Waals surface area contributed by atoms with Crippen LogP contribution in [0.15, 0.2) is 65.6 Å². The van der Waals surface area contributed by atoms with Gasteiger partial charge in [0.25, 0.3) is 15.7 Å². The molecule has 6 N–H and O–H groups in total. The molecule has 15 heteroatoms. The van der Waals surface area contributed by atoms with Crippen LogP contribution in [-0.4, -0.2) is 62.3 Å². The molecule has 0 heterocycles. The highest BCUT2D eigenvalue weighted by molar-refractivity contribution is 7.92. The maximum Gasteiger partial charge on any atom is 0.501 e. The number of fused-ring (bicyclic) bond motifs is 2. The van der Waals surface area contributed by atoms with E-state index in [4.69, 9.17) is 10.5 Å². The number of sulfone groups is 1. The van der Waals surface area contributed by atoms with Crippen molar-refractivity contribution < 1.29 is 50.5 Å². The standard InChI is InChI=1S/C32H33F4N3O7S/c1-46-26-14-25(33)23(17-7-9-20(10-8-17)31(37,15-40)16-41)13-24(26)29(42)39-28-19-6-5-18(11-19)27(28)30(43)38-21-3-2-4-22(12-21)47(44,45)32(34,35)36/h2-4,7-10,12-14,18-19,27-28,40-41H,5-6,11,15-16,37H2,1H3,(H,38,43)(H,39,42)/t18-,19+,27+,28-/m1/s1. The lowest BCUT2D eigenvalue weighted by atomic mass is 9.83. The first-order chi connectivity index (χ1) is 22.1. The van der Waals surface area contributed by atoms with Gasteiger partial charge in [0.05, 0.1) is 42.2 Å². The second kappa shape index (κ2) is 12.9. The normalized spacial score (nSPS) is 21.0. The van der Waals surface area contributed by atoms with Crippen LogP contribution in [0.2, 0.25) is 0 Å². The zero-order chi connectivity index (χ0) is 34.3. The van der Waals surface area contributed by atoms with Crippen LogP contribution >= 0.6 is 0 Å². The first kappa shape index (κ1) is 34.3. The molecule has 2 saturated carbocycles. The summed E-state index contributed by atoms with van der Waals surface area (Å²) in [4.78, 5) is 26.2. The predicted molar refractivity (Wildman–Crippen MR) is 162 cm³/mol. The highest BCUT2D eigenvalue weighted by Crippen LogP contribution is 2.49. The van der Waals surface area contributed by atoms with Crippen LogP contribution in [0.4, 0.5) is 23.2 Å². The Morgan fingerprint density at radius 2 is 1.66 bits per heavy atom. The summed E-state index contributed by atoms with van der Waals surface area (Å²) in [6, 6.07) is 11.7. The second-order valence-electron chi connectivity index (χ2n) is 11.9. The average Bonchev–Trinajstić information content (AvgIpc) is 3.66. The molecule has 3 aromatic carbocycles. The number of aliphatic hydroxyl groups excluding tert-OH is 2. The van der Waals surface area contributed by atoms with Crippen LogP contribution in [0.1, 0.15) is 35.2 Å². The fourth-order valence-corrected chi connectivity index (χ4v) is 7.35. The van der Waals surface area contributed by atoms with Gasteiger partial charge >= 0.3 is 5.51 Å². The monoisotopic (exact) mass is 679 g/mol. The van der Waals surface area contributed by atoms with Gasteiger partial charge in [0, 0.05) is 23.4 Å². The van der Waals surface area contributed by atoms with Crippen molar-refractivity contribution in [3.05, 3.63) is 77.6 Å². The van der Waals surface area contributed by atoms with Crippen LogP contribution in [0.3, 0.4) is 0 Å². The second-order valence-corrected chi connectivity index (χ2v) is 13.8. The SMILES string of the molecule is COc1cc(F)c(-c2ccc(C(N)(CO)CO)cc2)cc1C(=O)N[C@@H]1[C@H]2CC[C@H](C2)[C@@H]1C(=O)Nc1cccc(S(=O)(=O)C(F)(F)F)c1. The first-order valence-corrected chi connectivity index (χ1v) is 16.1. The number of aliphatic hydroxyl groups is 2. The summed E-state index contributed by atoms with van der Waals surface area (Å²) in [7, 11) is -4.37. The Balaban J connectivity index is 1.39. The summed E-state index contributed by atoms with van der Waals surface area (Å²) in [5.74, 6) is -2.97. The third-order valence-electron chi connectivity index (χ3n) is 9.10. The molecule has 0 radical (unpaired) electrons. The Kier molecular flexibility index (Phi) is 9.38. The average molecular weight is 680 g/mol. The highest BCUT2D eigenvalue weighted by Gasteiger charge is 2.52. The van der Waals surface area contributed by atoms with Gasteiger partial charge in [0.2, 0.25) is 5.91 Å². The number of carbonyl (C=O) groups excluding carboxylic acids is 2. The summed E-state index contributed by atoms with van der Waals surface area (Å²) in [6.45, 7) is -1.06. The molecule has 2 aliphatic rings. The van der Waals surface area contributed by atoms with Gasteiger partial charge in [-0.15, -0.1) is 0 Å². The Bertz CT molecular complexity index is 1780. The minimum absolute atomic E-state index is 0.0149. The number of alkyl halides is 3. The summed E-state index contributed by atoms with van der Waals surface area (Å²) in [6.07, 6.45) is 2.03. The number of hydrogen-bond donors (Lipinski definition) is 5. The maximum atomic E-state index is 15.2. The third kappa shape index (κ3) is 6.44. The lowest BCUT2D eigenvalue weighted by molar-refractivity contribution is -0.122. The topological polar surface area (TPSA) is 168 Å². The van der Waals surface area contributed by atoms with Crippen LogP contribution in [0, 0.1) is 23.6 Å². The van der Waals surface area contributed by atoms with E-state index in [-0.39, 0.29) is 34.4 Å². The maximum absolute atomic E-state index is 15.2. The third-order valence-corrected chi connectivity index (χ3v) is 10.6.